The zero-order valence-electron chi connectivity index (χ0n) is 20.0. The predicted molar refractivity (Wildman–Crippen MR) is 121 cm³/mol. The monoisotopic (exact) mass is 484 g/mol. The van der Waals surface area contributed by atoms with Crippen LogP contribution in [0.25, 0.3) is 0 Å². The van der Waals surface area contributed by atoms with Crippen molar-refractivity contribution in [2.45, 2.75) is 44.8 Å². The highest BCUT2D eigenvalue weighted by atomic mass is 16.3. The molecule has 0 radical (unpaired) electrons. The summed E-state index contributed by atoms with van der Waals surface area (Å²) < 4.78 is 0. The minimum Gasteiger partial charge on any atom is -0.506 e. The van der Waals surface area contributed by atoms with Gasteiger partial charge in [-0.1, -0.05) is 6.92 Å². The van der Waals surface area contributed by atoms with E-state index in [2.05, 4.69) is 0 Å². The fourth-order valence-electron chi connectivity index (χ4n) is 6.33. The summed E-state index contributed by atoms with van der Waals surface area (Å²) in [5.74, 6) is -11.5. The molecule has 1 amide bonds. The van der Waals surface area contributed by atoms with Gasteiger partial charge in [-0.2, -0.15) is 0 Å². The number of phenolic OH excluding ortho intramolecular Hbond substituents is 1. The number of likely N-dealkylation sites (N-methyl/N-ethyl adjacent to an activating group) is 1. The van der Waals surface area contributed by atoms with E-state index in [9.17, 15) is 39.0 Å². The van der Waals surface area contributed by atoms with Crippen molar-refractivity contribution in [2.24, 2.45) is 29.4 Å². The molecule has 0 aromatic heterocycles. The van der Waals surface area contributed by atoms with E-state index < -0.39 is 75.9 Å². The number of carbonyl (C=O) groups excluding carboxylic acids is 6. The highest BCUT2D eigenvalue weighted by Crippen LogP contribution is 2.51. The number of aliphatic hydroxyl groups is 1. The van der Waals surface area contributed by atoms with Gasteiger partial charge < -0.3 is 15.9 Å². The second-order valence-corrected chi connectivity index (χ2v) is 9.98. The first-order valence-electron chi connectivity index (χ1n) is 11.5. The maximum Gasteiger partial charge on any atom is 0.235 e. The van der Waals surface area contributed by atoms with Crippen LogP contribution in [-0.2, 0) is 32.0 Å². The lowest BCUT2D eigenvalue weighted by molar-refractivity contribution is -0.181. The number of aryl methyl sites for hydroxylation is 1. The van der Waals surface area contributed by atoms with E-state index in [4.69, 9.17) is 5.73 Å². The summed E-state index contributed by atoms with van der Waals surface area (Å²) in [5, 5.41) is 22.3. The number of phenols is 1. The molecule has 0 aliphatic heterocycles. The third-order valence-electron chi connectivity index (χ3n) is 7.91. The molecule has 35 heavy (non-hydrogen) atoms. The van der Waals surface area contributed by atoms with Crippen molar-refractivity contribution >= 4 is 34.8 Å². The number of benzene rings is 1. The third kappa shape index (κ3) is 3.23. The van der Waals surface area contributed by atoms with Gasteiger partial charge in [-0.05, 0) is 63.4 Å². The number of fused-ring (bicyclic) bond motifs is 3. The highest BCUT2D eigenvalue weighted by Gasteiger charge is 2.69. The first-order valence-corrected chi connectivity index (χ1v) is 11.5. The topological polar surface area (TPSA) is 172 Å². The van der Waals surface area contributed by atoms with Gasteiger partial charge in [0.2, 0.25) is 5.91 Å². The van der Waals surface area contributed by atoms with Crippen molar-refractivity contribution in [3.8, 4) is 5.75 Å². The molecule has 3 aliphatic carbocycles. The van der Waals surface area contributed by atoms with Gasteiger partial charge in [0.15, 0.2) is 40.4 Å². The zero-order valence-corrected chi connectivity index (χ0v) is 20.0. The van der Waals surface area contributed by atoms with Crippen molar-refractivity contribution < 1.29 is 39.0 Å². The number of aromatic hydroxyl groups is 1. The Labute approximate surface area is 201 Å². The van der Waals surface area contributed by atoms with Gasteiger partial charge in [0.25, 0.3) is 0 Å². The van der Waals surface area contributed by atoms with Crippen LogP contribution in [0.4, 0.5) is 0 Å². The number of nitrogens with zero attached hydrogens (tertiary/aromatic N) is 1. The number of hydrogen-bond acceptors (Lipinski definition) is 9. The minimum atomic E-state index is -2.77. The van der Waals surface area contributed by atoms with Gasteiger partial charge >= 0.3 is 0 Å². The average Bonchev–Trinajstić information content (AvgIpc) is 2.75. The standard InChI is InChI=1S/C25H28N2O8/c1-5-10-6-12(9(2)28)19(29)16-13(10)7-11-8-14-18(27(3)4)21(31)17(24(26)34)23(33)25(14,35)22(32)15(11)20(16)30/h6,11,14-15,17-18,29,35H,5,7-8H2,1-4H3,(H2,26,34)/t11-,14-,15?,17?,18-,25-/m0/s1. The van der Waals surface area contributed by atoms with Crippen LogP contribution in [0, 0.1) is 23.7 Å². The number of hydrogen-bond donors (Lipinski definition) is 3. The first kappa shape index (κ1) is 24.9. The highest BCUT2D eigenvalue weighted by molar-refractivity contribution is 6.32. The third-order valence-corrected chi connectivity index (χ3v) is 7.91. The molecule has 4 N–H and O–H groups in total. The Morgan fingerprint density at radius 1 is 1.17 bits per heavy atom. The molecule has 2 fully saturated rings. The zero-order chi connectivity index (χ0) is 26.1. The molecule has 1 aromatic rings. The summed E-state index contributed by atoms with van der Waals surface area (Å²) in [4.78, 5) is 79.2. The summed E-state index contributed by atoms with van der Waals surface area (Å²) in [5.41, 5.74) is 3.53. The molecular formula is C25H28N2O8. The molecule has 0 heterocycles. The van der Waals surface area contributed by atoms with Crippen LogP contribution < -0.4 is 5.73 Å². The number of rotatable bonds is 4. The second kappa shape index (κ2) is 8.17. The minimum absolute atomic E-state index is 0.0116. The largest absolute Gasteiger partial charge is 0.506 e. The van der Waals surface area contributed by atoms with Gasteiger partial charge in [-0.3, -0.25) is 33.7 Å². The summed E-state index contributed by atoms with van der Waals surface area (Å²) in [6.45, 7) is 3.08. The number of amides is 1. The van der Waals surface area contributed by atoms with E-state index in [1.54, 1.807) is 6.07 Å². The van der Waals surface area contributed by atoms with Crippen molar-refractivity contribution in [1.29, 1.82) is 0 Å². The van der Waals surface area contributed by atoms with Gasteiger partial charge in [0.05, 0.1) is 23.1 Å². The fraction of sp³-hybridized carbons (Fsp3) is 0.520. The quantitative estimate of drug-likeness (QED) is 0.381. The summed E-state index contributed by atoms with van der Waals surface area (Å²) in [6.07, 6.45) is 0.634. The Hall–Kier alpha value is -3.24. The van der Waals surface area contributed by atoms with Crippen LogP contribution in [0.5, 0.6) is 5.75 Å². The second-order valence-electron chi connectivity index (χ2n) is 9.98. The maximum absolute atomic E-state index is 13.8. The van der Waals surface area contributed by atoms with Crippen molar-refractivity contribution in [1.82, 2.24) is 4.90 Å². The molecule has 0 bridgehead atoms. The lowest BCUT2D eigenvalue weighted by Gasteiger charge is -2.52. The van der Waals surface area contributed by atoms with E-state index in [0.29, 0.717) is 17.5 Å². The van der Waals surface area contributed by atoms with Gasteiger partial charge in [-0.25, -0.2) is 0 Å². The van der Waals surface area contributed by atoms with Crippen molar-refractivity contribution in [3.05, 3.63) is 28.3 Å². The lowest BCUT2D eigenvalue weighted by Crippen LogP contribution is -2.74. The molecule has 3 aliphatic rings. The van der Waals surface area contributed by atoms with Gasteiger partial charge in [-0.15, -0.1) is 0 Å². The van der Waals surface area contributed by atoms with Gasteiger partial charge in [0.1, 0.15) is 5.75 Å². The van der Waals surface area contributed by atoms with Crippen LogP contribution >= 0.6 is 0 Å². The van der Waals surface area contributed by atoms with Gasteiger partial charge in [0, 0.05) is 5.92 Å². The Morgan fingerprint density at radius 3 is 2.31 bits per heavy atom. The average molecular weight is 485 g/mol. The van der Waals surface area contributed by atoms with E-state index in [0.717, 1.165) is 0 Å². The number of ketones is 5. The number of carbonyl (C=O) groups is 6. The molecular weight excluding hydrogens is 456 g/mol. The SMILES string of the molecule is CCc1cc(C(C)=O)c(O)c2c1C[C@H]1C[C@H]3[C@H](N(C)C)C(=O)C(C(N)=O)C(=O)[C@@]3(O)C(=O)C1C2=O. The molecule has 0 spiro atoms. The smallest absolute Gasteiger partial charge is 0.235 e. The summed E-state index contributed by atoms with van der Waals surface area (Å²) >= 11 is 0. The Kier molecular flexibility index (Phi) is 5.80. The summed E-state index contributed by atoms with van der Waals surface area (Å²) in [6, 6.07) is 0.398. The van der Waals surface area contributed by atoms with Crippen LogP contribution in [0.2, 0.25) is 0 Å². The molecule has 4 rings (SSSR count). The van der Waals surface area contributed by atoms with E-state index in [1.807, 2.05) is 6.92 Å². The van der Waals surface area contributed by atoms with Crippen molar-refractivity contribution in [2.75, 3.05) is 14.1 Å². The molecule has 2 saturated carbocycles. The van der Waals surface area contributed by atoms with E-state index in [-0.39, 0.29) is 24.0 Å². The van der Waals surface area contributed by atoms with E-state index in [1.165, 1.54) is 25.9 Å². The van der Waals surface area contributed by atoms with Crippen LogP contribution in [0.3, 0.4) is 0 Å². The van der Waals surface area contributed by atoms with Crippen LogP contribution in [0.1, 0.15) is 52.1 Å². The van der Waals surface area contributed by atoms with Crippen LogP contribution in [-0.4, -0.2) is 75.7 Å². The maximum atomic E-state index is 13.8. The molecule has 2 unspecified atom stereocenters. The summed E-state index contributed by atoms with van der Waals surface area (Å²) in [7, 11) is 3.07. The number of nitrogens with two attached hydrogens (primary N) is 1. The van der Waals surface area contributed by atoms with Crippen LogP contribution in [0.15, 0.2) is 6.07 Å². The molecule has 186 valence electrons. The molecule has 6 atom stereocenters. The molecule has 1 aromatic carbocycles. The molecule has 0 saturated heterocycles. The van der Waals surface area contributed by atoms with Crippen molar-refractivity contribution in [3.63, 3.8) is 0 Å². The number of Topliss-reactive ketones (excluding diaryl/α,β-unsaturated/α-hetero) is 5. The normalized spacial score (nSPS) is 32.2. The first-order chi connectivity index (χ1) is 16.3. The molecule has 10 heteroatoms. The fourth-order valence-corrected chi connectivity index (χ4v) is 6.33. The lowest BCUT2D eigenvalue weighted by atomic mass is 9.52. The Balaban J connectivity index is 1.91. The number of primary amides is 1. The Bertz CT molecular complexity index is 1220. The predicted octanol–water partition coefficient (Wildman–Crippen LogP) is -0.368. The Morgan fingerprint density at radius 2 is 1.80 bits per heavy atom. The molecule has 10 nitrogen and oxygen atoms in total. The van der Waals surface area contributed by atoms with E-state index >= 15 is 0 Å².